The number of hydrogen-bond donors (Lipinski definition) is 0. The van der Waals surface area contributed by atoms with Crippen molar-refractivity contribution in [2.75, 3.05) is 13.7 Å². The molecule has 0 saturated carbocycles. The van der Waals surface area contributed by atoms with Crippen LogP contribution in [0.2, 0.25) is 0 Å². The van der Waals surface area contributed by atoms with E-state index in [0.717, 1.165) is 12.0 Å². The molecule has 148 valence electrons. The molecule has 0 unspecified atom stereocenters. The van der Waals surface area contributed by atoms with Gasteiger partial charge in [-0.25, -0.2) is 4.98 Å². The van der Waals surface area contributed by atoms with Gasteiger partial charge in [-0.2, -0.15) is 4.98 Å². The van der Waals surface area contributed by atoms with Gasteiger partial charge in [0, 0.05) is 25.8 Å². The van der Waals surface area contributed by atoms with Crippen molar-refractivity contribution in [2.24, 2.45) is 0 Å². The van der Waals surface area contributed by atoms with Crippen LogP contribution in [0, 0.1) is 0 Å². The maximum atomic E-state index is 13.0. The second kappa shape index (κ2) is 9.02. The Morgan fingerprint density at radius 1 is 1.07 bits per heavy atom. The van der Waals surface area contributed by atoms with E-state index < -0.39 is 0 Å². The molecule has 0 bridgehead atoms. The lowest BCUT2D eigenvalue weighted by Gasteiger charge is -2.12. The third kappa shape index (κ3) is 4.38. The fourth-order valence-corrected chi connectivity index (χ4v) is 3.83. The number of para-hydroxylation sites is 1. The molecule has 7 nitrogen and oxygen atoms in total. The molecule has 4 aromatic rings. The number of rotatable bonds is 8. The molecule has 0 spiro atoms. The lowest BCUT2D eigenvalue weighted by Crippen LogP contribution is -2.24. The molecule has 29 heavy (non-hydrogen) atoms. The summed E-state index contributed by atoms with van der Waals surface area (Å²) in [4.78, 5) is 22.1. The number of hydrogen-bond acceptors (Lipinski definition) is 7. The Morgan fingerprint density at radius 3 is 2.69 bits per heavy atom. The van der Waals surface area contributed by atoms with Crippen molar-refractivity contribution in [3.63, 3.8) is 0 Å². The molecule has 0 amide bonds. The first-order chi connectivity index (χ1) is 14.3. The van der Waals surface area contributed by atoms with Gasteiger partial charge in [0.15, 0.2) is 11.0 Å². The topological polar surface area (TPSA) is 83.0 Å². The molecule has 0 radical (unpaired) electrons. The first-order valence-electron chi connectivity index (χ1n) is 9.25. The van der Waals surface area contributed by atoms with Crippen LogP contribution in [0.15, 0.2) is 69.1 Å². The van der Waals surface area contributed by atoms with Crippen LogP contribution in [0.5, 0.6) is 0 Å². The Balaban J connectivity index is 1.59. The summed E-state index contributed by atoms with van der Waals surface area (Å²) in [5.41, 5.74) is 1.50. The Morgan fingerprint density at radius 2 is 1.86 bits per heavy atom. The van der Waals surface area contributed by atoms with Gasteiger partial charge in [0.25, 0.3) is 11.4 Å². The van der Waals surface area contributed by atoms with Gasteiger partial charge in [-0.1, -0.05) is 47.3 Å². The van der Waals surface area contributed by atoms with Crippen molar-refractivity contribution in [1.29, 1.82) is 0 Å². The van der Waals surface area contributed by atoms with E-state index in [2.05, 4.69) is 10.1 Å². The molecule has 2 aromatic carbocycles. The molecule has 8 heteroatoms. The monoisotopic (exact) mass is 408 g/mol. The van der Waals surface area contributed by atoms with Crippen LogP contribution >= 0.6 is 11.8 Å². The van der Waals surface area contributed by atoms with Gasteiger partial charge in [-0.3, -0.25) is 9.36 Å². The number of thioether (sulfide) groups is 1. The van der Waals surface area contributed by atoms with E-state index >= 15 is 0 Å². The maximum absolute atomic E-state index is 13.0. The SMILES string of the molecule is COCCCn1c(SCc2noc(-c3ccccc3)n2)nc2ccccc2c1=O. The molecule has 0 atom stereocenters. The molecule has 2 aromatic heterocycles. The number of benzene rings is 2. The first-order valence-corrected chi connectivity index (χ1v) is 10.2. The number of nitrogens with zero attached hydrogens (tertiary/aromatic N) is 4. The van der Waals surface area contributed by atoms with Gasteiger partial charge in [0.2, 0.25) is 0 Å². The standard InChI is InChI=1S/C21H20N4O3S/c1-27-13-7-12-25-20(26)16-10-5-6-11-17(16)22-21(25)29-14-18-23-19(28-24-18)15-8-3-2-4-9-15/h2-6,8-11H,7,12-14H2,1H3. The predicted molar refractivity (Wildman–Crippen MR) is 112 cm³/mol. The summed E-state index contributed by atoms with van der Waals surface area (Å²) in [6, 6.07) is 17.0. The number of aromatic nitrogens is 4. The third-order valence-electron chi connectivity index (χ3n) is 4.38. The second-order valence-electron chi connectivity index (χ2n) is 6.39. The molecule has 0 N–H and O–H groups in total. The summed E-state index contributed by atoms with van der Waals surface area (Å²) in [5, 5.41) is 5.30. The molecule has 0 saturated heterocycles. The Labute approximate surface area is 171 Å². The highest BCUT2D eigenvalue weighted by molar-refractivity contribution is 7.98. The Hall–Kier alpha value is -2.97. The molecule has 0 aliphatic heterocycles. The summed E-state index contributed by atoms with van der Waals surface area (Å²) < 4.78 is 12.2. The Kier molecular flexibility index (Phi) is 6.02. The van der Waals surface area contributed by atoms with Crippen molar-refractivity contribution < 1.29 is 9.26 Å². The van der Waals surface area contributed by atoms with Gasteiger partial charge in [0.1, 0.15) is 0 Å². The largest absolute Gasteiger partial charge is 0.385 e. The fraction of sp³-hybridized carbons (Fsp3) is 0.238. The van der Waals surface area contributed by atoms with Gasteiger partial charge in [-0.15, -0.1) is 0 Å². The second-order valence-corrected chi connectivity index (χ2v) is 7.33. The maximum Gasteiger partial charge on any atom is 0.262 e. The molecular formula is C21H20N4O3S. The highest BCUT2D eigenvalue weighted by atomic mass is 32.2. The highest BCUT2D eigenvalue weighted by Crippen LogP contribution is 2.23. The minimum atomic E-state index is -0.0488. The van der Waals surface area contributed by atoms with Gasteiger partial charge < -0.3 is 9.26 Å². The van der Waals surface area contributed by atoms with Crippen molar-refractivity contribution >= 4 is 22.7 Å². The van der Waals surface area contributed by atoms with E-state index in [4.69, 9.17) is 14.2 Å². The molecule has 0 fully saturated rings. The zero-order valence-electron chi connectivity index (χ0n) is 15.9. The van der Waals surface area contributed by atoms with Crippen LogP contribution in [0.25, 0.3) is 22.4 Å². The van der Waals surface area contributed by atoms with Crippen LogP contribution in [-0.4, -0.2) is 33.4 Å². The minimum absolute atomic E-state index is 0.0488. The highest BCUT2D eigenvalue weighted by Gasteiger charge is 2.14. The van der Waals surface area contributed by atoms with E-state index in [1.807, 2.05) is 48.5 Å². The molecule has 0 aliphatic carbocycles. The summed E-state index contributed by atoms with van der Waals surface area (Å²) in [6.45, 7) is 1.11. The van der Waals surface area contributed by atoms with Gasteiger partial charge in [-0.05, 0) is 30.7 Å². The van der Waals surface area contributed by atoms with Crippen molar-refractivity contribution in [2.45, 2.75) is 23.9 Å². The van der Waals surface area contributed by atoms with Crippen LogP contribution in [0.3, 0.4) is 0 Å². The average Bonchev–Trinajstić information content (AvgIpc) is 3.24. The number of fused-ring (bicyclic) bond motifs is 1. The van der Waals surface area contributed by atoms with Crippen LogP contribution in [-0.2, 0) is 17.0 Å². The van der Waals surface area contributed by atoms with Gasteiger partial charge in [0.05, 0.1) is 16.7 Å². The van der Waals surface area contributed by atoms with E-state index in [-0.39, 0.29) is 5.56 Å². The summed E-state index contributed by atoms with van der Waals surface area (Å²) in [5.74, 6) is 1.48. The minimum Gasteiger partial charge on any atom is -0.385 e. The van der Waals surface area contributed by atoms with Crippen LogP contribution in [0.4, 0.5) is 0 Å². The van der Waals surface area contributed by atoms with Gasteiger partial charge >= 0.3 is 0 Å². The van der Waals surface area contributed by atoms with Crippen LogP contribution < -0.4 is 5.56 Å². The fourth-order valence-electron chi connectivity index (χ4n) is 2.96. The smallest absolute Gasteiger partial charge is 0.262 e. The van der Waals surface area contributed by atoms with Crippen molar-refractivity contribution in [1.82, 2.24) is 19.7 Å². The van der Waals surface area contributed by atoms with E-state index in [0.29, 0.717) is 46.7 Å². The van der Waals surface area contributed by atoms with Crippen molar-refractivity contribution in [3.8, 4) is 11.5 Å². The van der Waals surface area contributed by atoms with E-state index in [1.54, 1.807) is 17.7 Å². The summed E-state index contributed by atoms with van der Waals surface area (Å²) in [7, 11) is 1.65. The number of methoxy groups -OCH3 is 1. The van der Waals surface area contributed by atoms with Crippen LogP contribution in [0.1, 0.15) is 12.2 Å². The molecular weight excluding hydrogens is 388 g/mol. The summed E-state index contributed by atoms with van der Waals surface area (Å²) >= 11 is 1.42. The average molecular weight is 408 g/mol. The Bertz CT molecular complexity index is 1160. The predicted octanol–water partition coefficient (Wildman–Crippen LogP) is 3.78. The van der Waals surface area contributed by atoms with Crippen molar-refractivity contribution in [3.05, 3.63) is 70.8 Å². The third-order valence-corrected chi connectivity index (χ3v) is 5.35. The summed E-state index contributed by atoms with van der Waals surface area (Å²) in [6.07, 6.45) is 0.727. The van der Waals surface area contributed by atoms with E-state index in [9.17, 15) is 4.79 Å². The lowest BCUT2D eigenvalue weighted by atomic mass is 10.2. The molecule has 0 aliphatic rings. The zero-order valence-corrected chi connectivity index (χ0v) is 16.8. The molecule has 2 heterocycles. The zero-order chi connectivity index (χ0) is 20.1. The normalized spacial score (nSPS) is 11.2. The molecule has 4 rings (SSSR count). The number of ether oxygens (including phenoxy) is 1. The quantitative estimate of drug-likeness (QED) is 0.249. The van der Waals surface area contributed by atoms with E-state index in [1.165, 1.54) is 11.8 Å². The first kappa shape index (κ1) is 19.4. The lowest BCUT2D eigenvalue weighted by molar-refractivity contribution is 0.189.